The molecule has 0 saturated carbocycles. The first-order chi connectivity index (χ1) is 11.9. The molecule has 0 aliphatic carbocycles. The number of thiazole rings is 1. The van der Waals surface area contributed by atoms with E-state index in [0.717, 1.165) is 20.8 Å². The van der Waals surface area contributed by atoms with Gasteiger partial charge in [-0.25, -0.2) is 4.98 Å². The van der Waals surface area contributed by atoms with Gasteiger partial charge in [0.2, 0.25) is 0 Å². The van der Waals surface area contributed by atoms with Gasteiger partial charge < -0.3 is 10.6 Å². The number of benzene rings is 2. The molecule has 2 N–H and O–H groups in total. The van der Waals surface area contributed by atoms with E-state index in [4.69, 9.17) is 0 Å². The summed E-state index contributed by atoms with van der Waals surface area (Å²) in [6, 6.07) is 13.4. The van der Waals surface area contributed by atoms with E-state index < -0.39 is 11.8 Å². The predicted octanol–water partition coefficient (Wildman–Crippen LogP) is 3.73. The van der Waals surface area contributed by atoms with Crippen LogP contribution < -0.4 is 10.6 Å². The van der Waals surface area contributed by atoms with Crippen molar-refractivity contribution in [3.05, 3.63) is 48.0 Å². The van der Waals surface area contributed by atoms with E-state index in [2.05, 4.69) is 28.6 Å². The minimum absolute atomic E-state index is 0.0803. The monoisotopic (exact) mass is 353 g/mol. The molecule has 3 aromatic rings. The number of rotatable bonds is 3. The van der Waals surface area contributed by atoms with Gasteiger partial charge >= 0.3 is 11.8 Å². The third kappa shape index (κ3) is 4.03. The summed E-state index contributed by atoms with van der Waals surface area (Å²) in [5.41, 5.74) is 3.74. The maximum Gasteiger partial charge on any atom is 0.313 e. The van der Waals surface area contributed by atoms with Crippen LogP contribution in [0.15, 0.2) is 42.5 Å². The topological polar surface area (TPSA) is 71.1 Å². The Kier molecular flexibility index (Phi) is 4.81. The molecule has 128 valence electrons. The number of carbonyl (C=O) groups excluding carboxylic acids is 2. The lowest BCUT2D eigenvalue weighted by molar-refractivity contribution is -0.136. The molecule has 1 heterocycles. The lowest BCUT2D eigenvalue weighted by Gasteiger charge is -2.08. The molecule has 6 heteroatoms. The number of amides is 2. The standard InChI is InChI=1S/C19H19N3O2S/c1-11(2)20-17(23)18(24)21-14-7-5-13(6-8-14)19-22-15-9-4-12(3)10-16(15)25-19/h4-11H,1-3H3,(H,20,23)(H,21,24). The minimum Gasteiger partial charge on any atom is -0.346 e. The van der Waals surface area contributed by atoms with E-state index in [1.54, 1.807) is 37.3 Å². The van der Waals surface area contributed by atoms with Crippen LogP contribution in [0.5, 0.6) is 0 Å². The van der Waals surface area contributed by atoms with Gasteiger partial charge in [-0.1, -0.05) is 6.07 Å². The fourth-order valence-corrected chi connectivity index (χ4v) is 3.44. The number of nitrogens with one attached hydrogen (secondary N) is 2. The van der Waals surface area contributed by atoms with Crippen LogP contribution in [0.2, 0.25) is 0 Å². The Hall–Kier alpha value is -2.73. The molecular formula is C19H19N3O2S. The summed E-state index contributed by atoms with van der Waals surface area (Å²) in [7, 11) is 0. The molecule has 0 atom stereocenters. The maximum absolute atomic E-state index is 11.8. The lowest BCUT2D eigenvalue weighted by Crippen LogP contribution is -2.39. The summed E-state index contributed by atoms with van der Waals surface area (Å²) in [6.45, 7) is 5.67. The third-order valence-corrected chi connectivity index (χ3v) is 4.63. The van der Waals surface area contributed by atoms with Crippen LogP contribution in [0.25, 0.3) is 20.8 Å². The smallest absolute Gasteiger partial charge is 0.313 e. The molecule has 0 fully saturated rings. The summed E-state index contributed by atoms with van der Waals surface area (Å²) >= 11 is 1.63. The Morgan fingerprint density at radius 1 is 1.04 bits per heavy atom. The van der Waals surface area contributed by atoms with Crippen LogP contribution in [0.1, 0.15) is 19.4 Å². The number of anilines is 1. The van der Waals surface area contributed by atoms with E-state index in [1.165, 1.54) is 5.56 Å². The second kappa shape index (κ2) is 7.03. The zero-order chi connectivity index (χ0) is 18.0. The van der Waals surface area contributed by atoms with Gasteiger partial charge in [0.05, 0.1) is 10.2 Å². The first-order valence-electron chi connectivity index (χ1n) is 8.02. The van der Waals surface area contributed by atoms with Crippen molar-refractivity contribution in [1.29, 1.82) is 0 Å². The largest absolute Gasteiger partial charge is 0.346 e. The van der Waals surface area contributed by atoms with Crippen LogP contribution in [0.4, 0.5) is 5.69 Å². The first-order valence-corrected chi connectivity index (χ1v) is 8.83. The highest BCUT2D eigenvalue weighted by Gasteiger charge is 2.14. The molecule has 0 bridgehead atoms. The van der Waals surface area contributed by atoms with Gasteiger partial charge in [0.15, 0.2) is 0 Å². The molecule has 2 amide bonds. The second-order valence-corrected chi connectivity index (χ2v) is 7.18. The van der Waals surface area contributed by atoms with Gasteiger partial charge in [-0.15, -0.1) is 11.3 Å². The van der Waals surface area contributed by atoms with Crippen molar-refractivity contribution < 1.29 is 9.59 Å². The molecule has 0 radical (unpaired) electrons. The highest BCUT2D eigenvalue weighted by Crippen LogP contribution is 2.31. The number of carbonyl (C=O) groups is 2. The molecule has 1 aromatic heterocycles. The van der Waals surface area contributed by atoms with Gasteiger partial charge in [-0.3, -0.25) is 9.59 Å². The van der Waals surface area contributed by atoms with Gasteiger partial charge in [-0.05, 0) is 62.7 Å². The lowest BCUT2D eigenvalue weighted by atomic mass is 10.2. The molecule has 2 aromatic carbocycles. The van der Waals surface area contributed by atoms with Gasteiger partial charge in [-0.2, -0.15) is 0 Å². The van der Waals surface area contributed by atoms with Crippen molar-refractivity contribution >= 4 is 39.1 Å². The fourth-order valence-electron chi connectivity index (χ4n) is 2.37. The molecule has 5 nitrogen and oxygen atoms in total. The zero-order valence-electron chi connectivity index (χ0n) is 14.3. The Bertz CT molecular complexity index is 929. The van der Waals surface area contributed by atoms with E-state index in [-0.39, 0.29) is 6.04 Å². The number of nitrogens with zero attached hydrogens (tertiary/aromatic N) is 1. The van der Waals surface area contributed by atoms with Crippen molar-refractivity contribution in [3.8, 4) is 10.6 Å². The van der Waals surface area contributed by atoms with Crippen LogP contribution >= 0.6 is 11.3 Å². The summed E-state index contributed by atoms with van der Waals surface area (Å²) in [5.74, 6) is -1.31. The number of aromatic nitrogens is 1. The van der Waals surface area contributed by atoms with E-state index in [0.29, 0.717) is 5.69 Å². The Morgan fingerprint density at radius 3 is 2.44 bits per heavy atom. The van der Waals surface area contributed by atoms with Crippen LogP contribution in [-0.2, 0) is 9.59 Å². The highest BCUT2D eigenvalue weighted by molar-refractivity contribution is 7.21. The normalized spacial score (nSPS) is 10.9. The Morgan fingerprint density at radius 2 is 1.76 bits per heavy atom. The van der Waals surface area contributed by atoms with E-state index in [9.17, 15) is 9.59 Å². The highest BCUT2D eigenvalue weighted by atomic mass is 32.1. The minimum atomic E-state index is -0.670. The molecule has 0 aliphatic heterocycles. The van der Waals surface area contributed by atoms with Crippen LogP contribution in [-0.4, -0.2) is 22.8 Å². The SMILES string of the molecule is Cc1ccc2nc(-c3ccc(NC(=O)C(=O)NC(C)C)cc3)sc2c1. The van der Waals surface area contributed by atoms with E-state index >= 15 is 0 Å². The average Bonchev–Trinajstić information content (AvgIpc) is 2.97. The van der Waals surface area contributed by atoms with Crippen molar-refractivity contribution in [2.75, 3.05) is 5.32 Å². The number of aryl methyl sites for hydroxylation is 1. The van der Waals surface area contributed by atoms with Gasteiger partial charge in [0.25, 0.3) is 0 Å². The Balaban J connectivity index is 1.75. The molecule has 25 heavy (non-hydrogen) atoms. The molecule has 0 unspecified atom stereocenters. The van der Waals surface area contributed by atoms with Crippen molar-refractivity contribution in [3.63, 3.8) is 0 Å². The third-order valence-electron chi connectivity index (χ3n) is 3.56. The number of fused-ring (bicyclic) bond motifs is 1. The zero-order valence-corrected chi connectivity index (χ0v) is 15.1. The summed E-state index contributed by atoms with van der Waals surface area (Å²) < 4.78 is 1.15. The van der Waals surface area contributed by atoms with Crippen molar-refractivity contribution in [2.45, 2.75) is 26.8 Å². The van der Waals surface area contributed by atoms with Crippen molar-refractivity contribution in [2.24, 2.45) is 0 Å². The molecule has 0 aliphatic rings. The average molecular weight is 353 g/mol. The first kappa shape index (κ1) is 17.1. The van der Waals surface area contributed by atoms with Gasteiger partial charge in [0, 0.05) is 17.3 Å². The fraction of sp³-hybridized carbons (Fsp3) is 0.211. The summed E-state index contributed by atoms with van der Waals surface area (Å²) in [5, 5.41) is 6.08. The molecule has 0 spiro atoms. The predicted molar refractivity (Wildman–Crippen MR) is 102 cm³/mol. The van der Waals surface area contributed by atoms with Crippen LogP contribution in [0, 0.1) is 6.92 Å². The molecule has 3 rings (SSSR count). The van der Waals surface area contributed by atoms with Crippen LogP contribution in [0.3, 0.4) is 0 Å². The van der Waals surface area contributed by atoms with E-state index in [1.807, 2.05) is 24.3 Å². The maximum atomic E-state index is 11.8. The quantitative estimate of drug-likeness (QED) is 0.705. The molecular weight excluding hydrogens is 334 g/mol. The van der Waals surface area contributed by atoms with Gasteiger partial charge in [0.1, 0.15) is 5.01 Å². The summed E-state index contributed by atoms with van der Waals surface area (Å²) in [4.78, 5) is 28.1. The molecule has 0 saturated heterocycles. The Labute approximate surface area is 150 Å². The second-order valence-electron chi connectivity index (χ2n) is 6.15. The summed E-state index contributed by atoms with van der Waals surface area (Å²) in [6.07, 6.45) is 0. The number of hydrogen-bond donors (Lipinski definition) is 2. The number of hydrogen-bond acceptors (Lipinski definition) is 4. The van der Waals surface area contributed by atoms with Crippen molar-refractivity contribution in [1.82, 2.24) is 10.3 Å².